The molecule has 0 atom stereocenters. The normalized spacial score (nSPS) is 14.0. The van der Waals surface area contributed by atoms with Crippen LogP contribution in [0.4, 0.5) is 4.39 Å². The third-order valence-electron chi connectivity index (χ3n) is 7.79. The summed E-state index contributed by atoms with van der Waals surface area (Å²) >= 11 is 0. The lowest BCUT2D eigenvalue weighted by molar-refractivity contribution is -0.143. The van der Waals surface area contributed by atoms with Crippen LogP contribution >= 0.6 is 0 Å². The number of aromatic nitrogens is 4. The number of hydrogen-bond acceptors (Lipinski definition) is 6. The number of halogens is 1. The highest BCUT2D eigenvalue weighted by molar-refractivity contribution is 6.00. The van der Waals surface area contributed by atoms with Gasteiger partial charge in [0.05, 0.1) is 29.5 Å². The molecule has 3 heterocycles. The fraction of sp³-hybridized carbons (Fsp3) is 0.379. The SMILES string of the molecule is CC(=O)N1CCC(c2nn(CC(=O)NCC(=O)N(C)CC(=O)O)c3cccc(-c4cc5c(cnn5C)cc4F)c23)CC1. The number of fused-ring (bicyclic) bond motifs is 2. The number of likely N-dealkylation sites (N-methyl/N-ethyl adjacent to an activating group) is 1. The minimum absolute atomic E-state index is 0.0105. The molecule has 42 heavy (non-hydrogen) atoms. The van der Waals surface area contributed by atoms with Gasteiger partial charge in [0.2, 0.25) is 17.7 Å². The predicted molar refractivity (Wildman–Crippen MR) is 152 cm³/mol. The zero-order valence-corrected chi connectivity index (χ0v) is 23.6. The number of nitrogens with one attached hydrogen (secondary N) is 1. The van der Waals surface area contributed by atoms with Gasteiger partial charge in [0.1, 0.15) is 18.9 Å². The summed E-state index contributed by atoms with van der Waals surface area (Å²) in [6.07, 6.45) is 2.94. The molecule has 0 aliphatic carbocycles. The Balaban J connectivity index is 1.51. The quantitative estimate of drug-likeness (QED) is 0.327. The van der Waals surface area contributed by atoms with Gasteiger partial charge >= 0.3 is 5.97 Å². The maximum absolute atomic E-state index is 15.5. The number of nitrogens with zero attached hydrogens (tertiary/aromatic N) is 6. The van der Waals surface area contributed by atoms with Crippen molar-refractivity contribution in [2.24, 2.45) is 7.05 Å². The van der Waals surface area contributed by atoms with E-state index >= 15 is 4.39 Å². The second-order valence-electron chi connectivity index (χ2n) is 10.6. The second kappa shape index (κ2) is 11.6. The van der Waals surface area contributed by atoms with Gasteiger partial charge in [-0.1, -0.05) is 12.1 Å². The van der Waals surface area contributed by atoms with E-state index in [1.54, 1.807) is 46.6 Å². The van der Waals surface area contributed by atoms with Crippen LogP contribution in [0, 0.1) is 5.82 Å². The Morgan fingerprint density at radius 1 is 1.12 bits per heavy atom. The Hall–Kier alpha value is -4.81. The van der Waals surface area contributed by atoms with Crippen molar-refractivity contribution >= 4 is 45.5 Å². The number of carboxylic acids is 1. The van der Waals surface area contributed by atoms with Crippen LogP contribution in [0.2, 0.25) is 0 Å². The van der Waals surface area contributed by atoms with Crippen LogP contribution in [-0.2, 0) is 32.8 Å². The summed E-state index contributed by atoms with van der Waals surface area (Å²) in [6.45, 7) is 1.64. The summed E-state index contributed by atoms with van der Waals surface area (Å²) in [5.41, 5.74) is 3.14. The molecular formula is C29H32FN7O5. The number of hydrogen-bond donors (Lipinski definition) is 2. The number of aliphatic carboxylic acids is 1. The van der Waals surface area contributed by atoms with Gasteiger partial charge in [-0.05, 0) is 36.6 Å². The lowest BCUT2D eigenvalue weighted by Crippen LogP contribution is -2.41. The van der Waals surface area contributed by atoms with Crippen molar-refractivity contribution in [3.8, 4) is 11.1 Å². The van der Waals surface area contributed by atoms with Gasteiger partial charge in [0, 0.05) is 56.4 Å². The first-order valence-corrected chi connectivity index (χ1v) is 13.6. The Bertz CT molecular complexity index is 1700. The highest BCUT2D eigenvalue weighted by atomic mass is 19.1. The Labute approximate surface area is 240 Å². The number of aryl methyl sites for hydroxylation is 1. The molecule has 4 aromatic rings. The third kappa shape index (κ3) is 5.67. The number of rotatable bonds is 8. The predicted octanol–water partition coefficient (Wildman–Crippen LogP) is 2.11. The van der Waals surface area contributed by atoms with Crippen molar-refractivity contribution in [3.05, 3.63) is 48.0 Å². The topological polar surface area (TPSA) is 143 Å². The molecule has 1 aliphatic rings. The number of likely N-dealkylation sites (tertiary alicyclic amines) is 1. The van der Waals surface area contributed by atoms with Crippen molar-refractivity contribution < 1.29 is 28.7 Å². The van der Waals surface area contributed by atoms with Gasteiger partial charge in [-0.25, -0.2) is 4.39 Å². The third-order valence-corrected chi connectivity index (χ3v) is 7.79. The van der Waals surface area contributed by atoms with E-state index in [4.69, 9.17) is 10.2 Å². The molecule has 1 fully saturated rings. The van der Waals surface area contributed by atoms with Gasteiger partial charge in [-0.3, -0.25) is 28.5 Å². The van der Waals surface area contributed by atoms with E-state index in [-0.39, 0.29) is 24.9 Å². The summed E-state index contributed by atoms with van der Waals surface area (Å²) in [6, 6.07) is 8.66. The van der Waals surface area contributed by atoms with Crippen LogP contribution in [0.5, 0.6) is 0 Å². The average Bonchev–Trinajstić information content (AvgIpc) is 3.50. The molecule has 1 saturated heterocycles. The van der Waals surface area contributed by atoms with E-state index in [9.17, 15) is 19.2 Å². The molecule has 3 amide bonds. The molecular weight excluding hydrogens is 545 g/mol. The van der Waals surface area contributed by atoms with Crippen LogP contribution in [0.25, 0.3) is 32.9 Å². The van der Waals surface area contributed by atoms with Crippen molar-refractivity contribution in [1.82, 2.24) is 34.7 Å². The van der Waals surface area contributed by atoms with Gasteiger partial charge < -0.3 is 20.2 Å². The number of piperidine rings is 1. The molecule has 13 heteroatoms. The Kier molecular flexibility index (Phi) is 7.92. The Morgan fingerprint density at radius 3 is 2.55 bits per heavy atom. The van der Waals surface area contributed by atoms with E-state index < -0.39 is 30.1 Å². The minimum atomic E-state index is -1.16. The van der Waals surface area contributed by atoms with E-state index in [1.165, 1.54) is 13.1 Å². The van der Waals surface area contributed by atoms with Crippen LogP contribution in [0.1, 0.15) is 31.4 Å². The van der Waals surface area contributed by atoms with Crippen molar-refractivity contribution in [3.63, 3.8) is 0 Å². The summed E-state index contributed by atoms with van der Waals surface area (Å²) in [7, 11) is 3.14. The molecule has 1 aliphatic heterocycles. The van der Waals surface area contributed by atoms with E-state index in [1.807, 2.05) is 12.1 Å². The summed E-state index contributed by atoms with van der Waals surface area (Å²) < 4.78 is 18.8. The highest BCUT2D eigenvalue weighted by Crippen LogP contribution is 2.39. The maximum atomic E-state index is 15.5. The number of benzene rings is 2. The molecule has 0 radical (unpaired) electrons. The largest absolute Gasteiger partial charge is 0.480 e. The lowest BCUT2D eigenvalue weighted by atomic mass is 9.89. The molecule has 0 saturated carbocycles. The van der Waals surface area contributed by atoms with Gasteiger partial charge in [-0.15, -0.1) is 0 Å². The molecule has 12 nitrogen and oxygen atoms in total. The van der Waals surface area contributed by atoms with Crippen molar-refractivity contribution in [1.29, 1.82) is 0 Å². The first-order valence-electron chi connectivity index (χ1n) is 13.6. The first-order chi connectivity index (χ1) is 20.0. The second-order valence-corrected chi connectivity index (χ2v) is 10.6. The first kappa shape index (κ1) is 28.7. The number of amides is 3. The number of carboxylic acid groups (broad SMARTS) is 1. The fourth-order valence-electron chi connectivity index (χ4n) is 5.53. The molecule has 0 unspecified atom stereocenters. The van der Waals surface area contributed by atoms with Crippen molar-refractivity contribution in [2.75, 3.05) is 33.2 Å². The molecule has 0 bridgehead atoms. The van der Waals surface area contributed by atoms with Crippen molar-refractivity contribution in [2.45, 2.75) is 32.2 Å². The smallest absolute Gasteiger partial charge is 0.323 e. The zero-order chi connectivity index (χ0) is 30.1. The lowest BCUT2D eigenvalue weighted by Gasteiger charge is -2.30. The Morgan fingerprint density at radius 2 is 1.86 bits per heavy atom. The summed E-state index contributed by atoms with van der Waals surface area (Å²) in [5.74, 6) is -2.61. The van der Waals surface area contributed by atoms with Crippen LogP contribution in [0.15, 0.2) is 36.5 Å². The van der Waals surface area contributed by atoms with Crippen LogP contribution in [0.3, 0.4) is 0 Å². The summed E-state index contributed by atoms with van der Waals surface area (Å²) in [5, 5.41) is 21.9. The van der Waals surface area contributed by atoms with Gasteiger partial charge in [-0.2, -0.15) is 10.2 Å². The standard InChI is InChI=1S/C29H32FN7O5/c1-17(38)36-9-7-18(8-10-36)29-28-20(21-12-24-19(11-22(21)30)13-32-35(24)3)5-4-6-23(28)37(33-29)15-25(39)31-14-26(40)34(2)16-27(41)42/h4-6,11-13,18H,7-10,14-16H2,1-3H3,(H,31,39)(H,41,42). The molecule has 5 rings (SSSR count). The molecule has 2 N–H and O–H groups in total. The van der Waals surface area contributed by atoms with E-state index in [0.29, 0.717) is 48.0 Å². The zero-order valence-electron chi connectivity index (χ0n) is 23.6. The van der Waals surface area contributed by atoms with Gasteiger partial charge in [0.15, 0.2) is 0 Å². The maximum Gasteiger partial charge on any atom is 0.323 e. The monoisotopic (exact) mass is 577 g/mol. The highest BCUT2D eigenvalue weighted by Gasteiger charge is 2.28. The molecule has 2 aromatic heterocycles. The molecule has 2 aromatic carbocycles. The minimum Gasteiger partial charge on any atom is -0.480 e. The molecule has 0 spiro atoms. The van der Waals surface area contributed by atoms with E-state index in [0.717, 1.165) is 21.5 Å². The fourth-order valence-corrected chi connectivity index (χ4v) is 5.53. The number of carbonyl (C=O) groups excluding carboxylic acids is 3. The molecule has 220 valence electrons. The average molecular weight is 578 g/mol. The van der Waals surface area contributed by atoms with Crippen LogP contribution in [-0.4, -0.2) is 91.4 Å². The van der Waals surface area contributed by atoms with Crippen LogP contribution < -0.4 is 5.32 Å². The van der Waals surface area contributed by atoms with E-state index in [2.05, 4.69) is 10.4 Å². The summed E-state index contributed by atoms with van der Waals surface area (Å²) in [4.78, 5) is 50.7. The van der Waals surface area contributed by atoms with Gasteiger partial charge in [0.25, 0.3) is 0 Å². The number of carbonyl (C=O) groups is 4.